The Balaban J connectivity index is 2.88. The third-order valence-electron chi connectivity index (χ3n) is 2.29. The minimum Gasteiger partial charge on any atom is -0.333 e. The number of ether oxygens (including phenoxy) is 1. The molecule has 0 bridgehead atoms. The molecule has 1 aliphatic rings. The van der Waals surface area contributed by atoms with Crippen molar-refractivity contribution in [2.75, 3.05) is 6.54 Å². The molecule has 2 rings (SSSR count). The highest BCUT2D eigenvalue weighted by molar-refractivity contribution is 5.98. The summed E-state index contributed by atoms with van der Waals surface area (Å²) in [6.07, 6.45) is -0.619. The van der Waals surface area contributed by atoms with Crippen molar-refractivity contribution >= 4 is 18.6 Å². The molecule has 76 valence electrons. The van der Waals surface area contributed by atoms with Crippen LogP contribution in [0.1, 0.15) is 17.3 Å². The highest BCUT2D eigenvalue weighted by Crippen LogP contribution is 1.99. The van der Waals surface area contributed by atoms with Gasteiger partial charge in [0.2, 0.25) is 5.36 Å². The van der Waals surface area contributed by atoms with Gasteiger partial charge in [-0.3, -0.25) is 0 Å². The van der Waals surface area contributed by atoms with Crippen LogP contribution in [-0.4, -0.2) is 18.6 Å². The number of rotatable bonds is 1. The Morgan fingerprint density at radius 2 is 2.13 bits per heavy atom. The molecule has 1 amide bonds. The molecule has 1 aromatic carbocycles. The second-order valence-electron chi connectivity index (χ2n) is 3.25. The van der Waals surface area contributed by atoms with Crippen molar-refractivity contribution in [1.82, 2.24) is 4.58 Å². The molecule has 0 atom stereocenters. The Morgan fingerprint density at radius 3 is 2.80 bits per heavy atom. The fourth-order valence-corrected chi connectivity index (χ4v) is 1.57. The lowest BCUT2D eigenvalue weighted by Crippen LogP contribution is -2.45. The van der Waals surface area contributed by atoms with Crippen molar-refractivity contribution in [2.24, 2.45) is 0 Å². The highest BCUT2D eigenvalue weighted by atomic mass is 16.6. The Labute approximate surface area is 86.1 Å². The Kier molecular flexibility index (Phi) is 2.11. The second kappa shape index (κ2) is 3.31. The van der Waals surface area contributed by atoms with Gasteiger partial charge in [0, 0.05) is 6.07 Å². The number of amides is 1. The van der Waals surface area contributed by atoms with E-state index in [-0.39, 0.29) is 0 Å². The van der Waals surface area contributed by atoms with Crippen LogP contribution in [0.4, 0.5) is 4.79 Å². The Hall–Kier alpha value is -1.97. The lowest BCUT2D eigenvalue weighted by molar-refractivity contribution is 0.0589. The molecular formula is C11H10NO3+. The quantitative estimate of drug-likeness (QED) is 0.364. The third kappa shape index (κ3) is 1.44. The summed E-state index contributed by atoms with van der Waals surface area (Å²) in [5.41, 5.74) is 0.393. The second-order valence-corrected chi connectivity index (χ2v) is 3.25. The van der Waals surface area contributed by atoms with E-state index in [0.717, 1.165) is 5.22 Å². The van der Waals surface area contributed by atoms with Gasteiger partial charge in [-0.25, -0.2) is 4.79 Å². The topological polar surface area (TPSA) is 46.4 Å². The zero-order chi connectivity index (χ0) is 11.0. The minimum absolute atomic E-state index is 0.393. The van der Waals surface area contributed by atoms with Crippen molar-refractivity contribution in [2.45, 2.75) is 6.92 Å². The van der Waals surface area contributed by atoms with Gasteiger partial charge in [0.05, 0.1) is 0 Å². The maximum absolute atomic E-state index is 11.4. The van der Waals surface area contributed by atoms with Crippen LogP contribution in [0.25, 0.3) is 6.58 Å². The summed E-state index contributed by atoms with van der Waals surface area (Å²) < 4.78 is 6.00. The number of carbonyl (C=O) groups excluding carboxylic acids is 2. The molecule has 15 heavy (non-hydrogen) atoms. The van der Waals surface area contributed by atoms with Gasteiger partial charge in [-0.15, -0.1) is 4.58 Å². The zero-order valence-electron chi connectivity index (χ0n) is 8.32. The molecular weight excluding hydrogens is 194 g/mol. The predicted octanol–water partition coefficient (Wildman–Crippen LogP) is -0.102. The number of fused-ring (bicyclic) bond motifs is 1. The van der Waals surface area contributed by atoms with Crippen LogP contribution in [0.3, 0.4) is 0 Å². The van der Waals surface area contributed by atoms with Crippen LogP contribution in [0.15, 0.2) is 18.2 Å². The molecule has 0 spiro atoms. The summed E-state index contributed by atoms with van der Waals surface area (Å²) in [7, 11) is 0. The number of cyclic esters (lactones) is 2. The first-order chi connectivity index (χ1) is 7.13. The van der Waals surface area contributed by atoms with Gasteiger partial charge in [-0.1, -0.05) is 6.58 Å². The molecule has 1 aromatic rings. The highest BCUT2D eigenvalue weighted by Gasteiger charge is 2.32. The van der Waals surface area contributed by atoms with Crippen molar-refractivity contribution in [3.8, 4) is 0 Å². The molecule has 0 radical (unpaired) electrons. The molecule has 0 N–H and O–H groups in total. The van der Waals surface area contributed by atoms with E-state index in [0.29, 0.717) is 17.5 Å². The lowest BCUT2D eigenvalue weighted by Gasteiger charge is -2.06. The predicted molar refractivity (Wildman–Crippen MR) is 53.8 cm³/mol. The molecule has 0 aliphatic carbocycles. The first kappa shape index (κ1) is 9.58. The van der Waals surface area contributed by atoms with E-state index in [1.165, 1.54) is 4.58 Å². The van der Waals surface area contributed by atoms with Crippen LogP contribution in [-0.2, 0) is 4.74 Å². The van der Waals surface area contributed by atoms with Crippen molar-refractivity contribution < 1.29 is 14.3 Å². The number of hydrogen-bond donors (Lipinski definition) is 0. The maximum Gasteiger partial charge on any atom is 0.605 e. The lowest BCUT2D eigenvalue weighted by atomic mass is 10.1. The van der Waals surface area contributed by atoms with Crippen LogP contribution in [0.2, 0.25) is 0 Å². The number of benzene rings is 1. The van der Waals surface area contributed by atoms with Crippen molar-refractivity contribution in [3.05, 3.63) is 34.3 Å². The largest absolute Gasteiger partial charge is 0.605 e. The van der Waals surface area contributed by atoms with E-state index in [1.807, 2.05) is 6.92 Å². The zero-order valence-corrected chi connectivity index (χ0v) is 8.32. The van der Waals surface area contributed by atoms with Gasteiger partial charge in [0.15, 0.2) is 6.54 Å². The van der Waals surface area contributed by atoms with E-state index in [2.05, 4.69) is 11.3 Å². The van der Waals surface area contributed by atoms with Gasteiger partial charge in [-0.05, 0) is 24.3 Å². The monoisotopic (exact) mass is 204 g/mol. The van der Waals surface area contributed by atoms with Crippen LogP contribution >= 0.6 is 0 Å². The van der Waals surface area contributed by atoms with Gasteiger partial charge < -0.3 is 4.74 Å². The van der Waals surface area contributed by atoms with E-state index in [4.69, 9.17) is 0 Å². The third-order valence-corrected chi connectivity index (χ3v) is 2.29. The normalized spacial score (nSPS) is 14.9. The molecule has 0 aromatic heterocycles. The van der Waals surface area contributed by atoms with Crippen LogP contribution in [0, 0.1) is 0 Å². The Bertz CT molecular complexity index is 560. The summed E-state index contributed by atoms with van der Waals surface area (Å²) in [6.45, 7) is 6.01. The Morgan fingerprint density at radius 1 is 1.40 bits per heavy atom. The van der Waals surface area contributed by atoms with E-state index in [1.54, 1.807) is 18.2 Å². The molecule has 4 nitrogen and oxygen atoms in total. The smallest absolute Gasteiger partial charge is 0.333 e. The van der Waals surface area contributed by atoms with Gasteiger partial charge >= 0.3 is 12.1 Å². The molecule has 1 aliphatic heterocycles. The molecule has 1 heterocycles. The number of hydrogen-bond acceptors (Lipinski definition) is 3. The number of esters is 1. The first-order valence-corrected chi connectivity index (χ1v) is 4.63. The standard InChI is InChI=1S/C11H10NO3/c1-3-12-9-5-4-7(2)6-8(9)10(13)15-11(12)14/h4-6H,2-3H2,1H3/q+1. The van der Waals surface area contributed by atoms with Crippen molar-refractivity contribution in [1.29, 1.82) is 0 Å². The van der Waals surface area contributed by atoms with Gasteiger partial charge in [-0.2, -0.15) is 4.79 Å². The molecule has 0 unspecified atom stereocenters. The van der Waals surface area contributed by atoms with E-state index in [9.17, 15) is 9.59 Å². The first-order valence-electron chi connectivity index (χ1n) is 4.63. The van der Waals surface area contributed by atoms with E-state index < -0.39 is 12.1 Å². The van der Waals surface area contributed by atoms with Crippen molar-refractivity contribution in [3.63, 3.8) is 0 Å². The number of carbonyl (C=O) groups is 2. The molecule has 4 heteroatoms. The summed E-state index contributed by atoms with van der Waals surface area (Å²) in [4.78, 5) is 22.8. The summed E-state index contributed by atoms with van der Waals surface area (Å²) in [5.74, 6) is -0.606. The minimum atomic E-state index is -0.619. The number of nitrogens with zero attached hydrogens (tertiary/aromatic N) is 1. The fraction of sp³-hybridized carbons (Fsp3) is 0.182. The maximum atomic E-state index is 11.4. The molecule has 0 saturated heterocycles. The fourth-order valence-electron chi connectivity index (χ4n) is 1.57. The molecule has 0 fully saturated rings. The average molecular weight is 204 g/mol. The average Bonchev–Trinajstić information content (AvgIpc) is 2.19. The van der Waals surface area contributed by atoms with E-state index >= 15 is 0 Å². The van der Waals surface area contributed by atoms with Gasteiger partial charge in [0.25, 0.3) is 0 Å². The summed E-state index contributed by atoms with van der Waals surface area (Å²) in [6, 6.07) is 5.08. The SMILES string of the molecule is C=c1ccc2c(c1)C(=O)OC(=O)[N+]=2CC. The summed E-state index contributed by atoms with van der Waals surface area (Å²) in [5, 5.41) is 1.31. The van der Waals surface area contributed by atoms with Crippen LogP contribution in [0.5, 0.6) is 0 Å². The van der Waals surface area contributed by atoms with Gasteiger partial charge in [0.1, 0.15) is 5.56 Å². The molecule has 0 saturated carbocycles. The van der Waals surface area contributed by atoms with Crippen LogP contribution < -0.4 is 15.2 Å². The summed E-state index contributed by atoms with van der Waals surface area (Å²) >= 11 is 0.